The molecule has 8 heteroatoms. The monoisotopic (exact) mass is 501 g/mol. The second kappa shape index (κ2) is 7.99. The van der Waals surface area contributed by atoms with Crippen LogP contribution < -0.4 is 0 Å². The Hall–Kier alpha value is -3.52. The summed E-state index contributed by atoms with van der Waals surface area (Å²) >= 11 is 0. The molecule has 0 spiro atoms. The number of hydrogen-bond acceptors (Lipinski definition) is 5. The van der Waals surface area contributed by atoms with Crippen LogP contribution in [0.3, 0.4) is 0 Å². The summed E-state index contributed by atoms with van der Waals surface area (Å²) in [7, 11) is 0. The van der Waals surface area contributed by atoms with Crippen molar-refractivity contribution in [1.82, 2.24) is 25.0 Å². The van der Waals surface area contributed by atoms with Gasteiger partial charge in [0.05, 0.1) is 52.1 Å². The van der Waals surface area contributed by atoms with E-state index in [1.54, 1.807) is 24.7 Å². The number of rotatable bonds is 5. The Labute approximate surface area is 214 Å². The number of pyridine rings is 1. The number of fused-ring (bicyclic) bond motifs is 5. The first-order chi connectivity index (χ1) is 17.5. The normalized spacial score (nSPS) is 21.9. The fourth-order valence-electron chi connectivity index (χ4n) is 6.57. The summed E-state index contributed by atoms with van der Waals surface area (Å²) < 4.78 is 30.8. The van der Waals surface area contributed by atoms with Crippen molar-refractivity contribution in [2.45, 2.75) is 64.0 Å². The van der Waals surface area contributed by atoms with Gasteiger partial charge in [0.2, 0.25) is 0 Å². The van der Waals surface area contributed by atoms with Gasteiger partial charge in [-0.15, -0.1) is 5.10 Å². The third kappa shape index (κ3) is 3.53. The molecule has 37 heavy (non-hydrogen) atoms. The van der Waals surface area contributed by atoms with E-state index in [0.29, 0.717) is 6.54 Å². The highest BCUT2D eigenvalue weighted by Gasteiger charge is 2.65. The molecule has 2 aliphatic rings. The Balaban J connectivity index is 1.44. The van der Waals surface area contributed by atoms with Crippen LogP contribution >= 0.6 is 0 Å². The highest BCUT2D eigenvalue weighted by atomic mass is 19.1. The molecule has 2 bridgehead atoms. The van der Waals surface area contributed by atoms with Gasteiger partial charge in [0.1, 0.15) is 11.6 Å². The van der Waals surface area contributed by atoms with E-state index in [-0.39, 0.29) is 22.6 Å². The summed E-state index contributed by atoms with van der Waals surface area (Å²) in [6.07, 6.45) is 5.45. The van der Waals surface area contributed by atoms with Crippen LogP contribution in [0.25, 0.3) is 22.5 Å². The van der Waals surface area contributed by atoms with E-state index >= 15 is 0 Å². The predicted molar refractivity (Wildman–Crippen MR) is 136 cm³/mol. The molecule has 1 fully saturated rings. The molecule has 6 rings (SSSR count). The molecule has 6 nitrogen and oxygen atoms in total. The number of halogens is 2. The third-order valence-electron chi connectivity index (χ3n) is 8.27. The van der Waals surface area contributed by atoms with E-state index in [4.69, 9.17) is 4.98 Å². The van der Waals surface area contributed by atoms with E-state index < -0.39 is 22.7 Å². The molecule has 1 N–H and O–H groups in total. The molecule has 0 radical (unpaired) electrons. The second-order valence-electron chi connectivity index (χ2n) is 11.5. The maximum atomic E-state index is 14.5. The van der Waals surface area contributed by atoms with E-state index in [1.807, 2.05) is 30.5 Å². The van der Waals surface area contributed by atoms with Crippen LogP contribution in [0, 0.1) is 17.0 Å². The summed E-state index contributed by atoms with van der Waals surface area (Å²) in [6, 6.07) is 11.6. The maximum Gasteiger partial charge on any atom is 0.135 e. The predicted octanol–water partition coefficient (Wildman–Crippen LogP) is 5.65. The highest BCUT2D eigenvalue weighted by molar-refractivity contribution is 5.65. The van der Waals surface area contributed by atoms with Crippen molar-refractivity contribution in [3.8, 4) is 22.5 Å². The summed E-state index contributed by atoms with van der Waals surface area (Å²) in [5.41, 5.74) is 2.92. The Bertz CT molecular complexity index is 1500. The van der Waals surface area contributed by atoms with Crippen LogP contribution in [0.1, 0.15) is 63.4 Å². The van der Waals surface area contributed by atoms with Gasteiger partial charge in [-0.1, -0.05) is 26.0 Å². The van der Waals surface area contributed by atoms with Crippen LogP contribution in [-0.2, 0) is 12.0 Å². The summed E-state index contributed by atoms with van der Waals surface area (Å²) in [5, 5.41) is 23.5. The van der Waals surface area contributed by atoms with Crippen molar-refractivity contribution in [2.24, 2.45) is 5.41 Å². The van der Waals surface area contributed by atoms with Gasteiger partial charge in [-0.25, -0.2) is 8.78 Å². The van der Waals surface area contributed by atoms with Gasteiger partial charge in [0.25, 0.3) is 0 Å². The lowest BCUT2D eigenvalue weighted by molar-refractivity contribution is 0.0577. The van der Waals surface area contributed by atoms with Gasteiger partial charge in [-0.2, -0.15) is 10.2 Å². The molecule has 0 saturated heterocycles. The first-order valence-corrected chi connectivity index (χ1v) is 12.6. The fraction of sp³-hybridized carbons (Fsp3) is 0.379. The van der Waals surface area contributed by atoms with Gasteiger partial charge >= 0.3 is 0 Å². The lowest BCUT2D eigenvalue weighted by Crippen LogP contribution is -2.37. The number of hydrogen-bond donors (Lipinski definition) is 1. The first-order valence-electron chi connectivity index (χ1n) is 12.6. The standard InChI is InChI=1S/C29H29F2N5O/c1-27(2,37)16-36-15-17(14-32-36)22-9-6-10-24(33-22)29-12-11-19(28(29,3)4)18-13-23(34-35-26(18)29)25-20(30)7-5-8-21(25)31/h5-10,13-15,19,37H,11-12,16H2,1-4H3/t19-,29-/m0/s1. The minimum Gasteiger partial charge on any atom is -0.389 e. The molecule has 190 valence electrons. The van der Waals surface area contributed by atoms with Gasteiger partial charge in [-0.05, 0) is 73.9 Å². The molecule has 1 saturated carbocycles. The maximum absolute atomic E-state index is 14.5. The first kappa shape index (κ1) is 23.9. The minimum atomic E-state index is -0.878. The number of aliphatic hydroxyl groups is 1. The van der Waals surface area contributed by atoms with Gasteiger partial charge in [0.15, 0.2) is 0 Å². The molecule has 3 heterocycles. The topological polar surface area (TPSA) is 76.7 Å². The van der Waals surface area contributed by atoms with Gasteiger partial charge < -0.3 is 5.11 Å². The van der Waals surface area contributed by atoms with Crippen molar-refractivity contribution in [2.75, 3.05) is 0 Å². The molecule has 3 aromatic heterocycles. The zero-order valence-corrected chi connectivity index (χ0v) is 21.3. The smallest absolute Gasteiger partial charge is 0.135 e. The van der Waals surface area contributed by atoms with E-state index in [9.17, 15) is 13.9 Å². The SMILES string of the molecule is CC(C)(O)Cn1cc(-c2cccc([C@@]34CC[C@@H](c5cc(-c6c(F)cccc6F)nnc53)C4(C)C)n2)cn1. The van der Waals surface area contributed by atoms with Crippen molar-refractivity contribution in [1.29, 1.82) is 0 Å². The average molecular weight is 502 g/mol. The van der Waals surface area contributed by atoms with Crippen LogP contribution in [0.15, 0.2) is 54.9 Å². The number of nitrogens with zero attached hydrogens (tertiary/aromatic N) is 5. The van der Waals surface area contributed by atoms with Crippen molar-refractivity contribution >= 4 is 0 Å². The molecule has 0 amide bonds. The summed E-state index contributed by atoms with van der Waals surface area (Å²) in [6.45, 7) is 8.32. The zero-order valence-electron chi connectivity index (χ0n) is 21.3. The quantitative estimate of drug-likeness (QED) is 0.382. The molecular formula is C29H29F2N5O. The van der Waals surface area contributed by atoms with Crippen LogP contribution in [0.2, 0.25) is 0 Å². The summed E-state index contributed by atoms with van der Waals surface area (Å²) in [4.78, 5) is 5.10. The second-order valence-corrected chi connectivity index (χ2v) is 11.5. The molecule has 1 aromatic carbocycles. The van der Waals surface area contributed by atoms with Gasteiger partial charge in [-0.3, -0.25) is 9.67 Å². The van der Waals surface area contributed by atoms with E-state index in [2.05, 4.69) is 29.1 Å². The molecule has 0 unspecified atom stereocenters. The van der Waals surface area contributed by atoms with Crippen molar-refractivity contribution < 1.29 is 13.9 Å². The number of aromatic nitrogens is 5. The van der Waals surface area contributed by atoms with E-state index in [1.165, 1.54) is 18.2 Å². The molecular weight excluding hydrogens is 472 g/mol. The van der Waals surface area contributed by atoms with Crippen LogP contribution in [-0.4, -0.2) is 35.7 Å². The van der Waals surface area contributed by atoms with Crippen molar-refractivity contribution in [3.05, 3.63) is 83.4 Å². The number of benzene rings is 1. The van der Waals surface area contributed by atoms with Crippen LogP contribution in [0.4, 0.5) is 8.78 Å². The molecule has 2 aliphatic carbocycles. The Morgan fingerprint density at radius 1 is 1.05 bits per heavy atom. The average Bonchev–Trinajstić information content (AvgIpc) is 3.45. The Morgan fingerprint density at radius 2 is 1.78 bits per heavy atom. The van der Waals surface area contributed by atoms with Crippen molar-refractivity contribution in [3.63, 3.8) is 0 Å². The zero-order chi connectivity index (χ0) is 26.2. The molecule has 2 atom stereocenters. The van der Waals surface area contributed by atoms with Gasteiger partial charge in [0, 0.05) is 11.8 Å². The summed E-state index contributed by atoms with van der Waals surface area (Å²) in [5.74, 6) is -1.12. The largest absolute Gasteiger partial charge is 0.389 e. The van der Waals surface area contributed by atoms with Crippen LogP contribution in [0.5, 0.6) is 0 Å². The molecule has 0 aliphatic heterocycles. The highest BCUT2D eigenvalue weighted by Crippen LogP contribution is 2.69. The Kier molecular flexibility index (Phi) is 5.15. The lowest BCUT2D eigenvalue weighted by atomic mass is 9.66. The Morgan fingerprint density at radius 3 is 2.51 bits per heavy atom. The lowest BCUT2D eigenvalue weighted by Gasteiger charge is -2.37. The third-order valence-corrected chi connectivity index (χ3v) is 8.27. The fourth-order valence-corrected chi connectivity index (χ4v) is 6.57. The van der Waals surface area contributed by atoms with E-state index in [0.717, 1.165) is 41.1 Å². The minimum absolute atomic E-state index is 0.143. The molecule has 4 aromatic rings.